The summed E-state index contributed by atoms with van der Waals surface area (Å²) in [5, 5.41) is 1.10. The van der Waals surface area contributed by atoms with Crippen LogP contribution in [-0.4, -0.2) is 26.9 Å². The van der Waals surface area contributed by atoms with Crippen LogP contribution in [0.3, 0.4) is 0 Å². The fraction of sp³-hybridized carbons (Fsp3) is 0.429. The number of benzene rings is 1. The Balaban J connectivity index is 1.30. The standard InChI is InChI=1S/C21H25N3OS/c25-20(12-2-1-5-13-23-14-6-7-15-23)24-16-8-10-18(24)21-22-17-9-3-4-11-19(17)26-21/h3-4,6-7,9,11,14-15,18H,1-2,5,8,10,12-13,16H2/t18-/m1/s1. The molecule has 0 bridgehead atoms. The van der Waals surface area contributed by atoms with E-state index in [0.29, 0.717) is 12.3 Å². The highest BCUT2D eigenvalue weighted by Crippen LogP contribution is 2.36. The lowest BCUT2D eigenvalue weighted by Gasteiger charge is -2.23. The minimum absolute atomic E-state index is 0.180. The van der Waals surface area contributed by atoms with Crippen molar-refractivity contribution < 1.29 is 4.79 Å². The molecule has 0 radical (unpaired) electrons. The fourth-order valence-electron chi connectivity index (χ4n) is 3.76. The number of nitrogens with zero attached hydrogens (tertiary/aromatic N) is 3. The summed E-state index contributed by atoms with van der Waals surface area (Å²) >= 11 is 1.74. The summed E-state index contributed by atoms with van der Waals surface area (Å²) in [5.74, 6) is 0.299. The molecule has 2 aromatic heterocycles. The van der Waals surface area contributed by atoms with Gasteiger partial charge in [0.25, 0.3) is 0 Å². The van der Waals surface area contributed by atoms with Crippen molar-refractivity contribution in [1.82, 2.24) is 14.5 Å². The first-order chi connectivity index (χ1) is 12.8. The molecule has 1 aromatic carbocycles. The molecule has 0 unspecified atom stereocenters. The van der Waals surface area contributed by atoms with E-state index in [4.69, 9.17) is 4.98 Å². The van der Waals surface area contributed by atoms with Crippen LogP contribution in [0.5, 0.6) is 0 Å². The van der Waals surface area contributed by atoms with Gasteiger partial charge in [-0.15, -0.1) is 11.3 Å². The maximum Gasteiger partial charge on any atom is 0.223 e. The number of aryl methyl sites for hydroxylation is 1. The zero-order chi connectivity index (χ0) is 17.8. The monoisotopic (exact) mass is 367 g/mol. The molecule has 5 heteroatoms. The second-order valence-corrected chi connectivity index (χ2v) is 8.06. The molecule has 136 valence electrons. The van der Waals surface area contributed by atoms with Gasteiger partial charge in [0.1, 0.15) is 5.01 Å². The van der Waals surface area contributed by atoms with Crippen LogP contribution in [0.1, 0.15) is 49.6 Å². The summed E-state index contributed by atoms with van der Waals surface area (Å²) in [6.07, 6.45) is 10.2. The van der Waals surface area contributed by atoms with Crippen LogP contribution in [0.15, 0.2) is 48.8 Å². The predicted octanol–water partition coefficient (Wildman–Crippen LogP) is 5.02. The normalized spacial score (nSPS) is 17.2. The smallest absolute Gasteiger partial charge is 0.223 e. The van der Waals surface area contributed by atoms with Gasteiger partial charge >= 0.3 is 0 Å². The first-order valence-corrected chi connectivity index (χ1v) is 10.4. The van der Waals surface area contributed by atoms with Gasteiger partial charge < -0.3 is 9.47 Å². The van der Waals surface area contributed by atoms with Crippen molar-refractivity contribution in [3.63, 3.8) is 0 Å². The Morgan fingerprint density at radius 2 is 1.96 bits per heavy atom. The summed E-state index contributed by atoms with van der Waals surface area (Å²) < 4.78 is 3.41. The highest BCUT2D eigenvalue weighted by atomic mass is 32.1. The zero-order valence-electron chi connectivity index (χ0n) is 15.0. The first-order valence-electron chi connectivity index (χ1n) is 9.57. The highest BCUT2D eigenvalue weighted by molar-refractivity contribution is 7.18. The van der Waals surface area contributed by atoms with Crippen LogP contribution in [-0.2, 0) is 11.3 Å². The second kappa shape index (κ2) is 8.04. The van der Waals surface area contributed by atoms with Crippen molar-refractivity contribution in [3.05, 3.63) is 53.8 Å². The average molecular weight is 368 g/mol. The second-order valence-electron chi connectivity index (χ2n) is 7.00. The summed E-state index contributed by atoms with van der Waals surface area (Å²) in [5.41, 5.74) is 1.05. The number of rotatable bonds is 7. The molecule has 3 heterocycles. The van der Waals surface area contributed by atoms with Gasteiger partial charge in [0, 0.05) is 31.9 Å². The van der Waals surface area contributed by atoms with Crippen LogP contribution in [0.2, 0.25) is 0 Å². The molecule has 3 aromatic rings. The molecular weight excluding hydrogens is 342 g/mol. The number of thiazole rings is 1. The fourth-order valence-corrected chi connectivity index (χ4v) is 4.88. The van der Waals surface area contributed by atoms with E-state index in [1.807, 2.05) is 6.07 Å². The van der Waals surface area contributed by atoms with Crippen molar-refractivity contribution >= 4 is 27.5 Å². The van der Waals surface area contributed by atoms with Crippen LogP contribution in [0.25, 0.3) is 10.2 Å². The Bertz CT molecular complexity index is 822. The molecule has 4 nitrogen and oxygen atoms in total. The number of likely N-dealkylation sites (tertiary alicyclic amines) is 1. The average Bonchev–Trinajstić information content (AvgIpc) is 3.39. The lowest BCUT2D eigenvalue weighted by Crippen LogP contribution is -2.30. The number of aromatic nitrogens is 2. The van der Waals surface area contributed by atoms with Crippen LogP contribution < -0.4 is 0 Å². The van der Waals surface area contributed by atoms with Crippen molar-refractivity contribution in [1.29, 1.82) is 0 Å². The lowest BCUT2D eigenvalue weighted by molar-refractivity contribution is -0.132. The number of amides is 1. The van der Waals surface area contributed by atoms with Gasteiger partial charge in [-0.1, -0.05) is 18.6 Å². The molecule has 1 amide bonds. The van der Waals surface area contributed by atoms with Gasteiger partial charge in [-0.05, 0) is 49.9 Å². The third-order valence-corrected chi connectivity index (χ3v) is 6.28. The van der Waals surface area contributed by atoms with Crippen molar-refractivity contribution in [2.45, 2.75) is 51.1 Å². The molecule has 0 N–H and O–H groups in total. The van der Waals surface area contributed by atoms with Crippen molar-refractivity contribution in [2.24, 2.45) is 0 Å². The Morgan fingerprint density at radius 3 is 2.81 bits per heavy atom. The minimum Gasteiger partial charge on any atom is -0.354 e. The van der Waals surface area contributed by atoms with E-state index in [0.717, 1.165) is 55.7 Å². The van der Waals surface area contributed by atoms with Gasteiger partial charge in [-0.2, -0.15) is 0 Å². The molecule has 0 aliphatic carbocycles. The van der Waals surface area contributed by atoms with Crippen LogP contribution in [0, 0.1) is 0 Å². The number of hydrogen-bond acceptors (Lipinski definition) is 3. The summed E-state index contributed by atoms with van der Waals surface area (Å²) in [6, 6.07) is 12.5. The number of carbonyl (C=O) groups is 1. The quantitative estimate of drug-likeness (QED) is 0.550. The Morgan fingerprint density at radius 1 is 1.12 bits per heavy atom. The van der Waals surface area contributed by atoms with Gasteiger partial charge in [0.05, 0.1) is 16.3 Å². The molecule has 0 spiro atoms. The number of unbranched alkanes of at least 4 members (excludes halogenated alkanes) is 2. The third kappa shape index (κ3) is 3.83. The molecule has 1 saturated heterocycles. The van der Waals surface area contributed by atoms with E-state index in [9.17, 15) is 4.79 Å². The van der Waals surface area contributed by atoms with E-state index < -0.39 is 0 Å². The summed E-state index contributed by atoms with van der Waals surface area (Å²) in [6.45, 7) is 1.92. The zero-order valence-corrected chi connectivity index (χ0v) is 15.8. The highest BCUT2D eigenvalue weighted by Gasteiger charge is 2.31. The number of carbonyl (C=O) groups excluding carboxylic acids is 1. The molecule has 0 saturated carbocycles. The van der Waals surface area contributed by atoms with Crippen LogP contribution >= 0.6 is 11.3 Å². The molecule has 26 heavy (non-hydrogen) atoms. The molecular formula is C21H25N3OS. The van der Waals surface area contributed by atoms with Gasteiger partial charge in [-0.3, -0.25) is 4.79 Å². The molecule has 1 aliphatic heterocycles. The maximum absolute atomic E-state index is 12.7. The largest absolute Gasteiger partial charge is 0.354 e. The number of para-hydroxylation sites is 1. The van der Waals surface area contributed by atoms with E-state index in [1.54, 1.807) is 11.3 Å². The van der Waals surface area contributed by atoms with E-state index in [-0.39, 0.29) is 6.04 Å². The number of hydrogen-bond donors (Lipinski definition) is 0. The maximum atomic E-state index is 12.7. The van der Waals surface area contributed by atoms with Crippen molar-refractivity contribution in [3.8, 4) is 0 Å². The Hall–Kier alpha value is -2.14. The SMILES string of the molecule is O=C(CCCCCn1cccc1)N1CCC[C@@H]1c1nc2ccccc2s1. The van der Waals surface area contributed by atoms with Gasteiger partial charge in [0.15, 0.2) is 0 Å². The molecule has 1 aliphatic rings. The first kappa shape index (κ1) is 17.3. The number of fused-ring (bicyclic) bond motifs is 1. The summed E-state index contributed by atoms with van der Waals surface area (Å²) in [4.78, 5) is 19.6. The predicted molar refractivity (Wildman–Crippen MR) is 106 cm³/mol. The minimum atomic E-state index is 0.180. The van der Waals surface area contributed by atoms with E-state index in [1.165, 1.54) is 4.70 Å². The van der Waals surface area contributed by atoms with Gasteiger partial charge in [-0.25, -0.2) is 4.98 Å². The molecule has 1 atom stereocenters. The van der Waals surface area contributed by atoms with E-state index >= 15 is 0 Å². The van der Waals surface area contributed by atoms with Crippen LogP contribution in [0.4, 0.5) is 0 Å². The topological polar surface area (TPSA) is 38.1 Å². The lowest BCUT2D eigenvalue weighted by atomic mass is 10.1. The van der Waals surface area contributed by atoms with Gasteiger partial charge in [0.2, 0.25) is 5.91 Å². The molecule has 1 fully saturated rings. The Labute approximate surface area is 158 Å². The molecule has 4 rings (SSSR count). The Kier molecular flexibility index (Phi) is 5.34. The third-order valence-electron chi connectivity index (χ3n) is 5.14. The van der Waals surface area contributed by atoms with E-state index in [2.05, 4.69) is 52.2 Å². The summed E-state index contributed by atoms with van der Waals surface area (Å²) in [7, 11) is 0. The van der Waals surface area contributed by atoms with Crippen molar-refractivity contribution in [2.75, 3.05) is 6.54 Å².